The standard InChI is InChI=1S/C20H14F3N3O4/c21-20(22,23)15-4-2-5-16(10-15)24-19(28)14-7-8-18(27)25(12-14)11-13-3-1-6-17(9-13)26(29)30/h1-10,12H,11H2,(H,24,28). The Morgan fingerprint density at radius 3 is 2.50 bits per heavy atom. The summed E-state index contributed by atoms with van der Waals surface area (Å²) >= 11 is 0. The van der Waals surface area contributed by atoms with Crippen molar-refractivity contribution in [3.63, 3.8) is 0 Å². The zero-order chi connectivity index (χ0) is 21.9. The van der Waals surface area contributed by atoms with Gasteiger partial charge in [0.15, 0.2) is 0 Å². The summed E-state index contributed by atoms with van der Waals surface area (Å²) in [6.45, 7) is -0.0226. The van der Waals surface area contributed by atoms with Gasteiger partial charge in [-0.2, -0.15) is 13.2 Å². The van der Waals surface area contributed by atoms with Crippen molar-refractivity contribution in [3.8, 4) is 0 Å². The summed E-state index contributed by atoms with van der Waals surface area (Å²) in [5.74, 6) is -0.706. The van der Waals surface area contributed by atoms with Gasteiger partial charge in [0.25, 0.3) is 17.2 Å². The number of carbonyl (C=O) groups is 1. The van der Waals surface area contributed by atoms with Crippen molar-refractivity contribution in [2.75, 3.05) is 5.32 Å². The second-order valence-corrected chi connectivity index (χ2v) is 6.34. The summed E-state index contributed by atoms with van der Waals surface area (Å²) < 4.78 is 39.6. The van der Waals surface area contributed by atoms with E-state index in [2.05, 4.69) is 5.32 Å². The van der Waals surface area contributed by atoms with Crippen molar-refractivity contribution in [1.29, 1.82) is 0 Å². The highest BCUT2D eigenvalue weighted by Crippen LogP contribution is 2.30. The second-order valence-electron chi connectivity index (χ2n) is 6.34. The van der Waals surface area contributed by atoms with Crippen LogP contribution in [0.15, 0.2) is 71.7 Å². The molecule has 0 saturated carbocycles. The number of hydrogen-bond acceptors (Lipinski definition) is 4. The van der Waals surface area contributed by atoms with E-state index >= 15 is 0 Å². The minimum absolute atomic E-state index is 0.0226. The van der Waals surface area contributed by atoms with Crippen LogP contribution in [-0.2, 0) is 12.7 Å². The molecule has 0 aliphatic heterocycles. The van der Waals surface area contributed by atoms with E-state index in [-0.39, 0.29) is 23.5 Å². The zero-order valence-corrected chi connectivity index (χ0v) is 15.2. The van der Waals surface area contributed by atoms with Gasteiger partial charge in [-0.3, -0.25) is 19.7 Å². The van der Waals surface area contributed by atoms with Crippen molar-refractivity contribution in [1.82, 2.24) is 4.57 Å². The zero-order valence-electron chi connectivity index (χ0n) is 15.2. The Morgan fingerprint density at radius 2 is 1.80 bits per heavy atom. The number of hydrogen-bond donors (Lipinski definition) is 1. The topological polar surface area (TPSA) is 94.2 Å². The number of aromatic nitrogens is 1. The van der Waals surface area contributed by atoms with Crippen molar-refractivity contribution in [3.05, 3.63) is 104 Å². The van der Waals surface area contributed by atoms with E-state index in [1.54, 1.807) is 6.07 Å². The molecule has 0 unspecified atom stereocenters. The van der Waals surface area contributed by atoms with E-state index in [0.717, 1.165) is 18.2 Å². The van der Waals surface area contributed by atoms with Crippen LogP contribution in [-0.4, -0.2) is 15.4 Å². The van der Waals surface area contributed by atoms with E-state index < -0.39 is 28.1 Å². The Kier molecular flexibility index (Phi) is 5.67. The number of nitrogens with zero attached hydrogens (tertiary/aromatic N) is 2. The number of nitro groups is 1. The summed E-state index contributed by atoms with van der Waals surface area (Å²) in [4.78, 5) is 34.9. The lowest BCUT2D eigenvalue weighted by atomic mass is 10.1. The summed E-state index contributed by atoms with van der Waals surface area (Å²) in [5, 5.41) is 13.3. The third kappa shape index (κ3) is 4.90. The molecule has 154 valence electrons. The molecule has 3 aromatic rings. The quantitative estimate of drug-likeness (QED) is 0.500. The Balaban J connectivity index is 1.83. The van der Waals surface area contributed by atoms with Gasteiger partial charge in [-0.15, -0.1) is 0 Å². The number of carbonyl (C=O) groups excluding carboxylic acids is 1. The van der Waals surface area contributed by atoms with Crippen LogP contribution in [0.4, 0.5) is 24.5 Å². The lowest BCUT2D eigenvalue weighted by Gasteiger charge is -2.11. The lowest BCUT2D eigenvalue weighted by Crippen LogP contribution is -2.22. The number of halogens is 3. The van der Waals surface area contributed by atoms with Gasteiger partial charge in [-0.25, -0.2) is 0 Å². The Labute approximate surface area is 167 Å². The highest BCUT2D eigenvalue weighted by Gasteiger charge is 2.30. The molecule has 7 nitrogen and oxygen atoms in total. The van der Waals surface area contributed by atoms with Crippen molar-refractivity contribution in [2.45, 2.75) is 12.7 Å². The molecule has 1 heterocycles. The summed E-state index contributed by atoms with van der Waals surface area (Å²) in [6.07, 6.45) is -3.31. The first-order valence-corrected chi connectivity index (χ1v) is 8.56. The average Bonchev–Trinajstić information content (AvgIpc) is 2.69. The third-order valence-electron chi connectivity index (χ3n) is 4.17. The van der Waals surface area contributed by atoms with Crippen LogP contribution in [0.3, 0.4) is 0 Å². The maximum atomic E-state index is 12.8. The molecule has 1 N–H and O–H groups in total. The molecule has 3 rings (SSSR count). The number of benzene rings is 2. The van der Waals surface area contributed by atoms with Gasteiger partial charge in [0, 0.05) is 30.1 Å². The SMILES string of the molecule is O=C(Nc1cccc(C(F)(F)F)c1)c1ccc(=O)n(Cc2cccc([N+](=O)[O-])c2)c1. The number of alkyl halides is 3. The van der Waals surface area contributed by atoms with E-state index in [9.17, 15) is 32.9 Å². The number of pyridine rings is 1. The highest BCUT2D eigenvalue weighted by molar-refractivity contribution is 6.04. The maximum absolute atomic E-state index is 12.8. The number of amides is 1. The van der Waals surface area contributed by atoms with Gasteiger partial charge in [-0.05, 0) is 29.8 Å². The van der Waals surface area contributed by atoms with Gasteiger partial charge in [0.1, 0.15) is 0 Å². The van der Waals surface area contributed by atoms with E-state index in [1.165, 1.54) is 47.2 Å². The van der Waals surface area contributed by atoms with Gasteiger partial charge >= 0.3 is 6.18 Å². The van der Waals surface area contributed by atoms with Crippen molar-refractivity contribution >= 4 is 17.3 Å². The fourth-order valence-electron chi connectivity index (χ4n) is 2.73. The van der Waals surface area contributed by atoms with E-state index in [1.807, 2.05) is 0 Å². The first-order chi connectivity index (χ1) is 14.1. The molecule has 30 heavy (non-hydrogen) atoms. The smallest absolute Gasteiger partial charge is 0.322 e. The molecule has 0 saturated heterocycles. The molecule has 0 bridgehead atoms. The fourth-order valence-corrected chi connectivity index (χ4v) is 2.73. The largest absolute Gasteiger partial charge is 0.416 e. The molecular formula is C20H14F3N3O4. The number of non-ortho nitro benzene ring substituents is 1. The van der Waals surface area contributed by atoms with Crippen molar-refractivity contribution in [2.24, 2.45) is 0 Å². The van der Waals surface area contributed by atoms with Crippen LogP contribution in [0.25, 0.3) is 0 Å². The van der Waals surface area contributed by atoms with Gasteiger partial charge in [-0.1, -0.05) is 18.2 Å². The number of anilines is 1. The normalized spacial score (nSPS) is 11.2. The van der Waals surface area contributed by atoms with Crippen LogP contribution in [0.2, 0.25) is 0 Å². The Hall–Kier alpha value is -3.95. The van der Waals surface area contributed by atoms with E-state index in [4.69, 9.17) is 0 Å². The number of nitrogens with one attached hydrogen (secondary N) is 1. The molecule has 0 fully saturated rings. The van der Waals surface area contributed by atoms with Gasteiger partial charge in [0.2, 0.25) is 0 Å². The minimum atomic E-state index is -4.55. The third-order valence-corrected chi connectivity index (χ3v) is 4.17. The summed E-state index contributed by atoms with van der Waals surface area (Å²) in [5.41, 5.74) is -1.03. The molecule has 10 heteroatoms. The highest BCUT2D eigenvalue weighted by atomic mass is 19.4. The molecule has 0 spiro atoms. The predicted octanol–water partition coefficient (Wildman–Crippen LogP) is 4.08. The van der Waals surface area contributed by atoms with Gasteiger partial charge in [0.05, 0.1) is 22.6 Å². The first kappa shape index (κ1) is 20.8. The average molecular weight is 417 g/mol. The van der Waals surface area contributed by atoms with Crippen LogP contribution in [0.1, 0.15) is 21.5 Å². The molecule has 0 atom stereocenters. The molecule has 2 aromatic carbocycles. The van der Waals surface area contributed by atoms with Crippen molar-refractivity contribution < 1.29 is 22.9 Å². The molecule has 0 radical (unpaired) electrons. The Morgan fingerprint density at radius 1 is 1.07 bits per heavy atom. The predicted molar refractivity (Wildman–Crippen MR) is 102 cm³/mol. The molecule has 0 aliphatic carbocycles. The molecule has 0 aliphatic rings. The summed E-state index contributed by atoms with van der Waals surface area (Å²) in [7, 11) is 0. The van der Waals surface area contributed by atoms with Gasteiger partial charge < -0.3 is 9.88 Å². The lowest BCUT2D eigenvalue weighted by molar-refractivity contribution is -0.384. The maximum Gasteiger partial charge on any atom is 0.416 e. The van der Waals surface area contributed by atoms with Crippen LogP contribution < -0.4 is 10.9 Å². The Bertz CT molecular complexity index is 1170. The first-order valence-electron chi connectivity index (χ1n) is 8.56. The fraction of sp³-hybridized carbons (Fsp3) is 0.100. The summed E-state index contributed by atoms with van der Waals surface area (Å²) in [6, 6.07) is 12.2. The monoisotopic (exact) mass is 417 g/mol. The molecule has 1 aromatic heterocycles. The minimum Gasteiger partial charge on any atom is -0.322 e. The van der Waals surface area contributed by atoms with E-state index in [0.29, 0.717) is 5.56 Å². The van der Waals surface area contributed by atoms with Crippen LogP contribution in [0, 0.1) is 10.1 Å². The van der Waals surface area contributed by atoms with Crippen LogP contribution >= 0.6 is 0 Å². The molecular weight excluding hydrogens is 403 g/mol. The number of rotatable bonds is 5. The second kappa shape index (κ2) is 8.19. The molecule has 1 amide bonds. The number of nitro benzene ring substituents is 1. The van der Waals surface area contributed by atoms with Crippen LogP contribution in [0.5, 0.6) is 0 Å².